The average Bonchev–Trinajstić information content (AvgIpc) is 3.29. The SMILES string of the molecule is NC(=O)CCN(Cc1ccccc1)C(=O)Cn1nc(-c2ccco2)oc1=O. The van der Waals surface area contributed by atoms with Crippen LogP contribution in [0.25, 0.3) is 11.7 Å². The van der Waals surface area contributed by atoms with Gasteiger partial charge >= 0.3 is 5.76 Å². The lowest BCUT2D eigenvalue weighted by atomic mass is 10.2. The molecule has 0 fully saturated rings. The highest BCUT2D eigenvalue weighted by Crippen LogP contribution is 2.15. The van der Waals surface area contributed by atoms with Gasteiger partial charge in [-0.05, 0) is 17.7 Å². The van der Waals surface area contributed by atoms with Crippen molar-refractivity contribution in [2.24, 2.45) is 5.73 Å². The van der Waals surface area contributed by atoms with Crippen molar-refractivity contribution in [3.8, 4) is 11.7 Å². The Morgan fingerprint density at radius 3 is 2.59 bits per heavy atom. The zero-order valence-corrected chi connectivity index (χ0v) is 14.4. The fourth-order valence-electron chi connectivity index (χ4n) is 2.48. The van der Waals surface area contributed by atoms with Crippen LogP contribution in [0, 0.1) is 0 Å². The Labute approximate surface area is 154 Å². The molecule has 2 heterocycles. The standard InChI is InChI=1S/C18H18N4O5/c19-15(23)8-9-21(11-13-5-2-1-3-6-13)16(24)12-22-18(25)27-17(20-22)14-7-4-10-26-14/h1-7,10H,8-9,11-12H2,(H2,19,23). The lowest BCUT2D eigenvalue weighted by molar-refractivity contribution is -0.133. The first-order valence-corrected chi connectivity index (χ1v) is 8.25. The summed E-state index contributed by atoms with van der Waals surface area (Å²) in [6, 6.07) is 12.5. The van der Waals surface area contributed by atoms with Gasteiger partial charge in [-0.2, -0.15) is 4.68 Å². The van der Waals surface area contributed by atoms with Crippen LogP contribution in [0.2, 0.25) is 0 Å². The van der Waals surface area contributed by atoms with Gasteiger partial charge in [0.05, 0.1) is 6.26 Å². The Balaban J connectivity index is 1.75. The molecule has 9 heteroatoms. The summed E-state index contributed by atoms with van der Waals surface area (Å²) in [7, 11) is 0. The first-order chi connectivity index (χ1) is 13.0. The molecule has 2 amide bonds. The summed E-state index contributed by atoms with van der Waals surface area (Å²) in [5, 5.41) is 3.98. The fourth-order valence-corrected chi connectivity index (χ4v) is 2.48. The molecule has 0 saturated carbocycles. The van der Waals surface area contributed by atoms with E-state index in [1.165, 1.54) is 11.2 Å². The molecule has 0 aliphatic carbocycles. The van der Waals surface area contributed by atoms with E-state index >= 15 is 0 Å². The number of carbonyl (C=O) groups excluding carboxylic acids is 2. The number of nitrogens with zero attached hydrogens (tertiary/aromatic N) is 3. The van der Waals surface area contributed by atoms with Crippen LogP contribution in [0.1, 0.15) is 12.0 Å². The summed E-state index contributed by atoms with van der Waals surface area (Å²) in [5.41, 5.74) is 6.09. The van der Waals surface area contributed by atoms with E-state index in [1.54, 1.807) is 12.1 Å². The van der Waals surface area contributed by atoms with E-state index in [4.69, 9.17) is 14.6 Å². The molecular weight excluding hydrogens is 352 g/mol. The third-order valence-corrected chi connectivity index (χ3v) is 3.82. The molecule has 3 aromatic rings. The summed E-state index contributed by atoms with van der Waals surface area (Å²) < 4.78 is 11.1. The molecule has 0 radical (unpaired) electrons. The largest absolute Gasteiger partial charge is 0.459 e. The van der Waals surface area contributed by atoms with Crippen molar-refractivity contribution < 1.29 is 18.4 Å². The fraction of sp³-hybridized carbons (Fsp3) is 0.222. The number of aromatic nitrogens is 2. The van der Waals surface area contributed by atoms with Crippen molar-refractivity contribution in [1.82, 2.24) is 14.7 Å². The Morgan fingerprint density at radius 2 is 1.93 bits per heavy atom. The van der Waals surface area contributed by atoms with Crippen LogP contribution in [0.4, 0.5) is 0 Å². The van der Waals surface area contributed by atoms with E-state index in [0.29, 0.717) is 0 Å². The van der Waals surface area contributed by atoms with Gasteiger partial charge in [-0.25, -0.2) is 4.79 Å². The molecule has 0 bridgehead atoms. The highest BCUT2D eigenvalue weighted by Gasteiger charge is 2.19. The van der Waals surface area contributed by atoms with Crippen LogP contribution in [-0.4, -0.2) is 33.0 Å². The summed E-state index contributed by atoms with van der Waals surface area (Å²) >= 11 is 0. The maximum absolute atomic E-state index is 12.7. The van der Waals surface area contributed by atoms with Gasteiger partial charge in [0.1, 0.15) is 6.54 Å². The first-order valence-electron chi connectivity index (χ1n) is 8.25. The Bertz CT molecular complexity index is 959. The molecule has 0 aliphatic heterocycles. The quantitative estimate of drug-likeness (QED) is 0.631. The van der Waals surface area contributed by atoms with Gasteiger partial charge in [0.15, 0.2) is 5.76 Å². The summed E-state index contributed by atoms with van der Waals surface area (Å²) in [6.45, 7) is 0.0972. The van der Waals surface area contributed by atoms with Crippen molar-refractivity contribution in [2.75, 3.05) is 6.54 Å². The van der Waals surface area contributed by atoms with E-state index in [2.05, 4.69) is 5.10 Å². The highest BCUT2D eigenvalue weighted by molar-refractivity contribution is 5.78. The van der Waals surface area contributed by atoms with Gasteiger partial charge in [-0.3, -0.25) is 9.59 Å². The van der Waals surface area contributed by atoms with E-state index in [1.807, 2.05) is 30.3 Å². The molecule has 1 aromatic carbocycles. The van der Waals surface area contributed by atoms with Crippen LogP contribution in [0.15, 0.2) is 62.4 Å². The monoisotopic (exact) mass is 370 g/mol. The molecule has 0 atom stereocenters. The maximum atomic E-state index is 12.7. The zero-order chi connectivity index (χ0) is 19.2. The van der Waals surface area contributed by atoms with Gasteiger partial charge < -0.3 is 19.5 Å². The first kappa shape index (κ1) is 18.2. The van der Waals surface area contributed by atoms with E-state index in [-0.39, 0.29) is 43.6 Å². The topological polar surface area (TPSA) is 125 Å². The van der Waals surface area contributed by atoms with Crippen LogP contribution in [0.5, 0.6) is 0 Å². The number of carbonyl (C=O) groups is 2. The number of rotatable bonds is 8. The molecule has 0 saturated heterocycles. The Kier molecular flexibility index (Phi) is 5.50. The lowest BCUT2D eigenvalue weighted by Gasteiger charge is -2.22. The predicted molar refractivity (Wildman–Crippen MR) is 94.1 cm³/mol. The summed E-state index contributed by atoms with van der Waals surface area (Å²) in [5.74, 6) is -1.40. The molecule has 140 valence electrons. The van der Waals surface area contributed by atoms with Crippen LogP contribution < -0.4 is 11.5 Å². The minimum absolute atomic E-state index is 0.00968. The minimum atomic E-state index is -0.774. The second kappa shape index (κ2) is 8.17. The average molecular weight is 370 g/mol. The minimum Gasteiger partial charge on any atom is -0.459 e. The zero-order valence-electron chi connectivity index (χ0n) is 14.4. The number of primary amides is 1. The molecule has 2 aromatic heterocycles. The number of nitrogens with two attached hydrogens (primary N) is 1. The smallest absolute Gasteiger partial charge is 0.437 e. The second-order valence-corrected chi connectivity index (χ2v) is 5.83. The number of hydrogen-bond acceptors (Lipinski definition) is 6. The van der Waals surface area contributed by atoms with Gasteiger partial charge in [-0.1, -0.05) is 30.3 Å². The third-order valence-electron chi connectivity index (χ3n) is 3.82. The number of amides is 2. The van der Waals surface area contributed by atoms with Gasteiger partial charge in [0.2, 0.25) is 11.8 Å². The van der Waals surface area contributed by atoms with Crippen LogP contribution in [-0.2, 0) is 22.7 Å². The third kappa shape index (κ3) is 4.72. The Morgan fingerprint density at radius 1 is 1.15 bits per heavy atom. The summed E-state index contributed by atoms with van der Waals surface area (Å²) in [6.07, 6.45) is 1.44. The molecule has 0 unspecified atom stereocenters. The van der Waals surface area contributed by atoms with E-state index < -0.39 is 11.7 Å². The van der Waals surface area contributed by atoms with E-state index in [0.717, 1.165) is 10.2 Å². The van der Waals surface area contributed by atoms with Crippen molar-refractivity contribution in [2.45, 2.75) is 19.5 Å². The van der Waals surface area contributed by atoms with Crippen molar-refractivity contribution in [1.29, 1.82) is 0 Å². The van der Waals surface area contributed by atoms with Crippen LogP contribution in [0.3, 0.4) is 0 Å². The highest BCUT2D eigenvalue weighted by atomic mass is 16.4. The Hall–Kier alpha value is -3.62. The van der Waals surface area contributed by atoms with Crippen molar-refractivity contribution >= 4 is 11.8 Å². The number of furan rings is 1. The van der Waals surface area contributed by atoms with E-state index in [9.17, 15) is 14.4 Å². The van der Waals surface area contributed by atoms with Gasteiger partial charge in [0.25, 0.3) is 5.89 Å². The second-order valence-electron chi connectivity index (χ2n) is 5.83. The maximum Gasteiger partial charge on any atom is 0.437 e. The van der Waals surface area contributed by atoms with Crippen molar-refractivity contribution in [3.63, 3.8) is 0 Å². The van der Waals surface area contributed by atoms with Gasteiger partial charge in [-0.15, -0.1) is 5.10 Å². The van der Waals surface area contributed by atoms with Crippen molar-refractivity contribution in [3.05, 3.63) is 64.8 Å². The summed E-state index contributed by atoms with van der Waals surface area (Å²) in [4.78, 5) is 37.2. The predicted octanol–water partition coefficient (Wildman–Crippen LogP) is 1.00. The number of benzene rings is 1. The van der Waals surface area contributed by atoms with Gasteiger partial charge in [0, 0.05) is 19.5 Å². The molecule has 9 nitrogen and oxygen atoms in total. The molecule has 0 aliphatic rings. The molecular formula is C18H18N4O5. The normalized spacial score (nSPS) is 10.7. The molecule has 0 spiro atoms. The molecule has 2 N–H and O–H groups in total. The number of hydrogen-bond donors (Lipinski definition) is 1. The lowest BCUT2D eigenvalue weighted by Crippen LogP contribution is -2.37. The molecule has 27 heavy (non-hydrogen) atoms. The molecule has 3 rings (SSSR count). The van der Waals surface area contributed by atoms with Crippen LogP contribution >= 0.6 is 0 Å².